The van der Waals surface area contributed by atoms with Gasteiger partial charge in [0.25, 0.3) is 0 Å². The zero-order valence-corrected chi connectivity index (χ0v) is 13.0. The molecule has 0 bridgehead atoms. The summed E-state index contributed by atoms with van der Waals surface area (Å²) in [6.45, 7) is 1.69. The van der Waals surface area contributed by atoms with Crippen molar-refractivity contribution in [1.29, 1.82) is 0 Å². The predicted octanol–water partition coefficient (Wildman–Crippen LogP) is 4.99. The first-order valence-electron chi connectivity index (χ1n) is 7.07. The molecule has 3 rings (SSSR count). The van der Waals surface area contributed by atoms with E-state index in [0.717, 1.165) is 25.1 Å². The number of rotatable bonds is 2. The molecule has 1 nitrogen and oxygen atoms in total. The number of halogens is 3. The SMILES string of the molecule is Fc1cccc(Cl)c1C1CCNCC1c1ccc(Cl)cc1. The van der Waals surface area contributed by atoms with Crippen LogP contribution in [0, 0.1) is 5.82 Å². The summed E-state index contributed by atoms with van der Waals surface area (Å²) in [5, 5.41) is 4.61. The number of piperidine rings is 1. The van der Waals surface area contributed by atoms with E-state index < -0.39 is 0 Å². The Hall–Kier alpha value is -1.09. The van der Waals surface area contributed by atoms with Gasteiger partial charge in [-0.15, -0.1) is 0 Å². The van der Waals surface area contributed by atoms with E-state index in [9.17, 15) is 4.39 Å². The largest absolute Gasteiger partial charge is 0.316 e. The predicted molar refractivity (Wildman–Crippen MR) is 85.8 cm³/mol. The van der Waals surface area contributed by atoms with Gasteiger partial charge in [-0.2, -0.15) is 0 Å². The molecule has 4 heteroatoms. The van der Waals surface area contributed by atoms with E-state index in [-0.39, 0.29) is 17.7 Å². The molecule has 1 aliphatic heterocycles. The lowest BCUT2D eigenvalue weighted by Gasteiger charge is -2.33. The smallest absolute Gasteiger partial charge is 0.128 e. The molecule has 1 aliphatic rings. The van der Waals surface area contributed by atoms with Crippen LogP contribution in [0.15, 0.2) is 42.5 Å². The molecular formula is C17H16Cl2FN. The van der Waals surface area contributed by atoms with E-state index in [1.54, 1.807) is 12.1 Å². The van der Waals surface area contributed by atoms with Gasteiger partial charge in [0.05, 0.1) is 0 Å². The first kappa shape index (κ1) is 14.8. The molecule has 0 saturated carbocycles. The van der Waals surface area contributed by atoms with Crippen molar-refractivity contribution in [3.63, 3.8) is 0 Å². The van der Waals surface area contributed by atoms with Crippen molar-refractivity contribution in [1.82, 2.24) is 5.32 Å². The summed E-state index contributed by atoms with van der Waals surface area (Å²) in [7, 11) is 0. The number of benzene rings is 2. The second kappa shape index (κ2) is 6.35. The highest BCUT2D eigenvalue weighted by Gasteiger charge is 2.31. The Morgan fingerprint density at radius 1 is 1.00 bits per heavy atom. The molecule has 0 amide bonds. The Morgan fingerprint density at radius 3 is 2.48 bits per heavy atom. The van der Waals surface area contributed by atoms with Gasteiger partial charge in [0.2, 0.25) is 0 Å². The molecule has 0 aromatic heterocycles. The average molecular weight is 324 g/mol. The van der Waals surface area contributed by atoms with Crippen molar-refractivity contribution in [3.8, 4) is 0 Å². The Balaban J connectivity index is 2.00. The highest BCUT2D eigenvalue weighted by molar-refractivity contribution is 6.31. The van der Waals surface area contributed by atoms with E-state index in [1.807, 2.05) is 24.3 Å². The van der Waals surface area contributed by atoms with Crippen LogP contribution in [0.25, 0.3) is 0 Å². The Bertz CT molecular complexity index is 607. The third kappa shape index (κ3) is 3.08. The van der Waals surface area contributed by atoms with Gasteiger partial charge in [0.15, 0.2) is 0 Å². The fraction of sp³-hybridized carbons (Fsp3) is 0.294. The quantitative estimate of drug-likeness (QED) is 0.820. The lowest BCUT2D eigenvalue weighted by molar-refractivity contribution is 0.393. The third-order valence-electron chi connectivity index (χ3n) is 4.15. The lowest BCUT2D eigenvalue weighted by atomic mass is 9.77. The van der Waals surface area contributed by atoms with Crippen LogP contribution in [-0.4, -0.2) is 13.1 Å². The minimum absolute atomic E-state index is 0.0844. The maximum absolute atomic E-state index is 14.3. The maximum Gasteiger partial charge on any atom is 0.128 e. The first-order valence-corrected chi connectivity index (χ1v) is 7.82. The van der Waals surface area contributed by atoms with Crippen LogP contribution >= 0.6 is 23.2 Å². The van der Waals surface area contributed by atoms with Crippen LogP contribution in [0.5, 0.6) is 0 Å². The fourth-order valence-electron chi connectivity index (χ4n) is 3.13. The van der Waals surface area contributed by atoms with E-state index >= 15 is 0 Å². The highest BCUT2D eigenvalue weighted by atomic mass is 35.5. The van der Waals surface area contributed by atoms with Gasteiger partial charge >= 0.3 is 0 Å². The number of hydrogen-bond donors (Lipinski definition) is 1. The van der Waals surface area contributed by atoms with Crippen molar-refractivity contribution in [2.45, 2.75) is 18.3 Å². The van der Waals surface area contributed by atoms with E-state index in [2.05, 4.69) is 5.32 Å². The lowest BCUT2D eigenvalue weighted by Crippen LogP contribution is -2.34. The summed E-state index contributed by atoms with van der Waals surface area (Å²) in [5.74, 6) is 0.0694. The zero-order chi connectivity index (χ0) is 14.8. The van der Waals surface area contributed by atoms with E-state index in [0.29, 0.717) is 15.6 Å². The van der Waals surface area contributed by atoms with Crippen LogP contribution in [0.1, 0.15) is 29.4 Å². The van der Waals surface area contributed by atoms with E-state index in [1.165, 1.54) is 6.07 Å². The zero-order valence-electron chi connectivity index (χ0n) is 11.5. The fourth-order valence-corrected chi connectivity index (χ4v) is 3.56. The molecule has 1 fully saturated rings. The van der Waals surface area contributed by atoms with Gasteiger partial charge in [-0.1, -0.05) is 41.4 Å². The minimum atomic E-state index is -0.214. The standard InChI is InChI=1S/C17H16Cl2FN/c18-12-6-4-11(5-7-12)14-10-21-9-8-13(14)17-15(19)2-1-3-16(17)20/h1-7,13-14,21H,8-10H2. The summed E-state index contributed by atoms with van der Waals surface area (Å²) in [6.07, 6.45) is 0.869. The molecule has 2 atom stereocenters. The summed E-state index contributed by atoms with van der Waals surface area (Å²) in [6, 6.07) is 12.7. The molecular weight excluding hydrogens is 308 g/mol. The second-order valence-corrected chi connectivity index (χ2v) is 6.24. The molecule has 2 aromatic rings. The second-order valence-electron chi connectivity index (χ2n) is 5.39. The third-order valence-corrected chi connectivity index (χ3v) is 4.73. The van der Waals surface area contributed by atoms with Gasteiger partial charge in [0, 0.05) is 28.1 Å². The maximum atomic E-state index is 14.3. The van der Waals surface area contributed by atoms with Crippen LogP contribution < -0.4 is 5.32 Å². The molecule has 0 spiro atoms. The summed E-state index contributed by atoms with van der Waals surface area (Å²) >= 11 is 12.2. The van der Waals surface area contributed by atoms with Crippen molar-refractivity contribution in [2.24, 2.45) is 0 Å². The molecule has 1 saturated heterocycles. The monoisotopic (exact) mass is 323 g/mol. The van der Waals surface area contributed by atoms with Crippen molar-refractivity contribution in [2.75, 3.05) is 13.1 Å². The number of nitrogens with one attached hydrogen (secondary N) is 1. The average Bonchev–Trinajstić information content (AvgIpc) is 2.48. The molecule has 0 aliphatic carbocycles. The van der Waals surface area contributed by atoms with Gasteiger partial charge in [-0.3, -0.25) is 0 Å². The van der Waals surface area contributed by atoms with E-state index in [4.69, 9.17) is 23.2 Å². The number of hydrogen-bond acceptors (Lipinski definition) is 1. The van der Waals surface area contributed by atoms with Crippen molar-refractivity contribution in [3.05, 3.63) is 69.5 Å². The van der Waals surface area contributed by atoms with Crippen LogP contribution in [0.3, 0.4) is 0 Å². The van der Waals surface area contributed by atoms with Crippen molar-refractivity contribution < 1.29 is 4.39 Å². The van der Waals surface area contributed by atoms with Gasteiger partial charge in [-0.25, -0.2) is 4.39 Å². The van der Waals surface area contributed by atoms with Crippen LogP contribution in [-0.2, 0) is 0 Å². The Morgan fingerprint density at radius 2 is 1.76 bits per heavy atom. The van der Waals surface area contributed by atoms with Crippen LogP contribution in [0.2, 0.25) is 10.0 Å². The normalized spacial score (nSPS) is 22.2. The topological polar surface area (TPSA) is 12.0 Å². The molecule has 110 valence electrons. The minimum Gasteiger partial charge on any atom is -0.316 e. The molecule has 2 aromatic carbocycles. The summed E-state index contributed by atoms with van der Waals surface area (Å²) in [5.41, 5.74) is 1.80. The first-order chi connectivity index (χ1) is 10.2. The molecule has 1 heterocycles. The summed E-state index contributed by atoms with van der Waals surface area (Å²) in [4.78, 5) is 0. The molecule has 1 N–H and O–H groups in total. The summed E-state index contributed by atoms with van der Waals surface area (Å²) < 4.78 is 14.3. The van der Waals surface area contributed by atoms with Crippen LogP contribution in [0.4, 0.5) is 4.39 Å². The highest BCUT2D eigenvalue weighted by Crippen LogP contribution is 2.41. The Labute approximate surface area is 134 Å². The van der Waals surface area contributed by atoms with Crippen molar-refractivity contribution >= 4 is 23.2 Å². The van der Waals surface area contributed by atoms with Gasteiger partial charge in [-0.05, 0) is 48.7 Å². The molecule has 2 unspecified atom stereocenters. The molecule has 0 radical (unpaired) electrons. The van der Waals surface area contributed by atoms with Gasteiger partial charge < -0.3 is 5.32 Å². The Kier molecular flexibility index (Phi) is 4.48. The van der Waals surface area contributed by atoms with Gasteiger partial charge in [0.1, 0.15) is 5.82 Å². The molecule has 21 heavy (non-hydrogen) atoms.